The molecular weight excluding hydrogens is 420 g/mol. The number of ether oxygens (including phenoxy) is 2. The van der Waals surface area contributed by atoms with Crippen LogP contribution in [0.15, 0.2) is 72.6 Å². The largest absolute Gasteiger partial charge is 0.507 e. The molecule has 4 rings (SSSR count). The predicted octanol–water partition coefficient (Wildman–Crippen LogP) is 4.42. The SMILES string of the molecule is CCOc1cccc(N2C(=O)C(=O)/C(=C(/O)c3cc(C)ccc3OC)C2c2cccnc2)c1. The van der Waals surface area contributed by atoms with E-state index in [1.54, 1.807) is 60.9 Å². The van der Waals surface area contributed by atoms with Gasteiger partial charge in [0, 0.05) is 24.1 Å². The summed E-state index contributed by atoms with van der Waals surface area (Å²) in [4.78, 5) is 32.1. The van der Waals surface area contributed by atoms with Gasteiger partial charge in [-0.05, 0) is 49.7 Å². The van der Waals surface area contributed by atoms with Crippen molar-refractivity contribution in [1.29, 1.82) is 0 Å². The summed E-state index contributed by atoms with van der Waals surface area (Å²) in [5, 5.41) is 11.3. The third kappa shape index (κ3) is 4.05. The molecule has 3 aromatic rings. The Morgan fingerprint density at radius 3 is 2.64 bits per heavy atom. The summed E-state index contributed by atoms with van der Waals surface area (Å²) in [5.74, 6) is -0.863. The van der Waals surface area contributed by atoms with E-state index in [0.717, 1.165) is 5.56 Å². The molecule has 1 unspecified atom stereocenters. The Morgan fingerprint density at radius 1 is 1.12 bits per heavy atom. The number of carbonyl (C=O) groups excluding carboxylic acids is 2. The summed E-state index contributed by atoms with van der Waals surface area (Å²) in [5.41, 5.74) is 2.25. The van der Waals surface area contributed by atoms with Gasteiger partial charge in [-0.2, -0.15) is 0 Å². The summed E-state index contributed by atoms with van der Waals surface area (Å²) in [7, 11) is 1.48. The molecule has 1 amide bonds. The number of hydrogen-bond acceptors (Lipinski definition) is 6. The highest BCUT2D eigenvalue weighted by Crippen LogP contribution is 2.43. The molecule has 2 heterocycles. The maximum atomic E-state index is 13.3. The lowest BCUT2D eigenvalue weighted by Gasteiger charge is -2.25. The molecule has 1 atom stereocenters. The Kier molecular flexibility index (Phi) is 6.13. The zero-order valence-corrected chi connectivity index (χ0v) is 18.6. The number of rotatable bonds is 6. The molecule has 0 aliphatic carbocycles. The van der Waals surface area contributed by atoms with Crippen molar-refractivity contribution in [3.05, 3.63) is 89.3 Å². The van der Waals surface area contributed by atoms with Gasteiger partial charge in [0.05, 0.1) is 30.9 Å². The van der Waals surface area contributed by atoms with Crippen LogP contribution in [0.3, 0.4) is 0 Å². The first-order valence-corrected chi connectivity index (χ1v) is 10.5. The highest BCUT2D eigenvalue weighted by atomic mass is 16.5. The predicted molar refractivity (Wildman–Crippen MR) is 124 cm³/mol. The fourth-order valence-electron chi connectivity index (χ4n) is 3.99. The van der Waals surface area contributed by atoms with E-state index >= 15 is 0 Å². The Bertz CT molecular complexity index is 1240. The van der Waals surface area contributed by atoms with Crippen LogP contribution in [0.4, 0.5) is 5.69 Å². The van der Waals surface area contributed by atoms with Crippen molar-refractivity contribution in [2.75, 3.05) is 18.6 Å². The lowest BCUT2D eigenvalue weighted by Crippen LogP contribution is -2.29. The lowest BCUT2D eigenvalue weighted by molar-refractivity contribution is -0.132. The fourth-order valence-corrected chi connectivity index (χ4v) is 3.99. The number of carbonyl (C=O) groups is 2. The first-order chi connectivity index (χ1) is 16.0. The quantitative estimate of drug-likeness (QED) is 0.344. The molecule has 1 N–H and O–H groups in total. The zero-order valence-electron chi connectivity index (χ0n) is 18.6. The number of hydrogen-bond donors (Lipinski definition) is 1. The van der Waals surface area contributed by atoms with Gasteiger partial charge in [0.2, 0.25) is 0 Å². The van der Waals surface area contributed by atoms with Crippen LogP contribution in [-0.4, -0.2) is 35.5 Å². The summed E-state index contributed by atoms with van der Waals surface area (Å²) in [6.45, 7) is 4.19. The Hall–Kier alpha value is -4.13. The molecule has 7 nitrogen and oxygen atoms in total. The van der Waals surface area contributed by atoms with E-state index in [9.17, 15) is 14.7 Å². The Balaban J connectivity index is 1.95. The molecule has 2 aromatic carbocycles. The van der Waals surface area contributed by atoms with Crippen molar-refractivity contribution >= 4 is 23.1 Å². The van der Waals surface area contributed by atoms with Crippen molar-refractivity contribution < 1.29 is 24.2 Å². The van der Waals surface area contributed by atoms with Crippen molar-refractivity contribution in [2.24, 2.45) is 0 Å². The zero-order chi connectivity index (χ0) is 23.5. The number of aliphatic hydroxyl groups is 1. The van der Waals surface area contributed by atoms with Crippen LogP contribution in [-0.2, 0) is 9.59 Å². The minimum Gasteiger partial charge on any atom is -0.507 e. The van der Waals surface area contributed by atoms with Crippen LogP contribution < -0.4 is 14.4 Å². The van der Waals surface area contributed by atoms with Crippen molar-refractivity contribution in [1.82, 2.24) is 4.98 Å². The molecular formula is C26H24N2O5. The van der Waals surface area contributed by atoms with Gasteiger partial charge in [0.1, 0.15) is 17.3 Å². The molecule has 168 valence electrons. The number of methoxy groups -OCH3 is 1. The van der Waals surface area contributed by atoms with E-state index in [0.29, 0.717) is 34.9 Å². The minimum absolute atomic E-state index is 0.0290. The molecule has 7 heteroatoms. The molecule has 0 radical (unpaired) electrons. The summed E-state index contributed by atoms with van der Waals surface area (Å²) < 4.78 is 11.0. The summed E-state index contributed by atoms with van der Waals surface area (Å²) in [6.07, 6.45) is 3.19. The maximum Gasteiger partial charge on any atom is 0.300 e. The number of aryl methyl sites for hydroxylation is 1. The average Bonchev–Trinajstić information content (AvgIpc) is 3.10. The average molecular weight is 444 g/mol. The normalized spacial score (nSPS) is 17.3. The van der Waals surface area contributed by atoms with E-state index in [2.05, 4.69) is 4.98 Å². The second-order valence-corrected chi connectivity index (χ2v) is 7.59. The van der Waals surface area contributed by atoms with Gasteiger partial charge in [-0.3, -0.25) is 19.5 Å². The molecule has 33 heavy (non-hydrogen) atoms. The van der Waals surface area contributed by atoms with Crippen LogP contribution in [0.2, 0.25) is 0 Å². The number of anilines is 1. The highest BCUT2D eigenvalue weighted by molar-refractivity contribution is 6.51. The van der Waals surface area contributed by atoms with E-state index in [4.69, 9.17) is 9.47 Å². The summed E-state index contributed by atoms with van der Waals surface area (Å²) >= 11 is 0. The number of aliphatic hydroxyl groups excluding tert-OH is 1. The highest BCUT2D eigenvalue weighted by Gasteiger charge is 2.47. The fraction of sp³-hybridized carbons (Fsp3) is 0.192. The van der Waals surface area contributed by atoms with E-state index in [1.807, 2.05) is 19.9 Å². The molecule has 1 aromatic heterocycles. The first kappa shape index (κ1) is 22.1. The van der Waals surface area contributed by atoms with Crippen molar-refractivity contribution in [3.8, 4) is 11.5 Å². The topological polar surface area (TPSA) is 89.0 Å². The molecule has 1 aliphatic rings. The van der Waals surface area contributed by atoms with Crippen LogP contribution in [0.1, 0.15) is 29.7 Å². The number of pyridine rings is 1. The molecule has 1 fully saturated rings. The monoisotopic (exact) mass is 444 g/mol. The first-order valence-electron chi connectivity index (χ1n) is 10.5. The molecule has 1 aliphatic heterocycles. The molecule has 0 saturated carbocycles. The smallest absolute Gasteiger partial charge is 0.300 e. The van der Waals surface area contributed by atoms with Gasteiger partial charge >= 0.3 is 0 Å². The van der Waals surface area contributed by atoms with E-state index in [-0.39, 0.29) is 11.3 Å². The van der Waals surface area contributed by atoms with Gasteiger partial charge in [-0.15, -0.1) is 0 Å². The maximum absolute atomic E-state index is 13.3. The lowest BCUT2D eigenvalue weighted by atomic mass is 9.95. The molecule has 0 bridgehead atoms. The second-order valence-electron chi connectivity index (χ2n) is 7.59. The number of amides is 1. The second kappa shape index (κ2) is 9.16. The van der Waals surface area contributed by atoms with E-state index in [1.165, 1.54) is 12.0 Å². The molecule has 1 saturated heterocycles. The van der Waals surface area contributed by atoms with Crippen LogP contribution in [0, 0.1) is 6.92 Å². The van der Waals surface area contributed by atoms with Gasteiger partial charge in [-0.1, -0.05) is 23.8 Å². The number of ketones is 1. The van der Waals surface area contributed by atoms with E-state index < -0.39 is 17.7 Å². The number of aromatic nitrogens is 1. The van der Waals surface area contributed by atoms with Gasteiger partial charge in [-0.25, -0.2) is 0 Å². The van der Waals surface area contributed by atoms with Gasteiger partial charge < -0.3 is 14.6 Å². The molecule has 0 spiro atoms. The third-order valence-electron chi connectivity index (χ3n) is 5.46. The van der Waals surface area contributed by atoms with Crippen LogP contribution in [0.5, 0.6) is 11.5 Å². The Labute approximate surface area is 191 Å². The Morgan fingerprint density at radius 2 is 1.94 bits per heavy atom. The standard InChI is InChI=1S/C26H24N2O5/c1-4-33-19-9-5-8-18(14-19)28-23(17-7-6-12-27-15-17)22(25(30)26(28)31)24(29)20-13-16(2)10-11-21(20)32-3/h5-15,23,29H,4H2,1-3H3/b24-22+. The van der Waals surface area contributed by atoms with Gasteiger partial charge in [0.25, 0.3) is 11.7 Å². The van der Waals surface area contributed by atoms with Crippen LogP contribution >= 0.6 is 0 Å². The number of benzene rings is 2. The van der Waals surface area contributed by atoms with Gasteiger partial charge in [0.15, 0.2) is 0 Å². The van der Waals surface area contributed by atoms with Crippen LogP contribution in [0.25, 0.3) is 5.76 Å². The number of Topliss-reactive ketones (excluding diaryl/α,β-unsaturated/α-hetero) is 1. The van der Waals surface area contributed by atoms with Crippen molar-refractivity contribution in [2.45, 2.75) is 19.9 Å². The van der Waals surface area contributed by atoms with Crippen molar-refractivity contribution in [3.63, 3.8) is 0 Å². The minimum atomic E-state index is -0.874. The summed E-state index contributed by atoms with van der Waals surface area (Å²) in [6, 6.07) is 14.8. The third-order valence-corrected chi connectivity index (χ3v) is 5.46. The number of nitrogens with zero attached hydrogens (tertiary/aromatic N) is 2.